The zero-order chi connectivity index (χ0) is 26.9. The van der Waals surface area contributed by atoms with Gasteiger partial charge in [-0.15, -0.1) is 0 Å². The van der Waals surface area contributed by atoms with Crippen molar-refractivity contribution in [3.05, 3.63) is 65.5 Å². The van der Waals surface area contributed by atoms with Gasteiger partial charge in [0, 0.05) is 26.2 Å². The third-order valence-electron chi connectivity index (χ3n) is 5.55. The van der Waals surface area contributed by atoms with Gasteiger partial charge in [-0.25, -0.2) is 14.0 Å². The van der Waals surface area contributed by atoms with Gasteiger partial charge in [0.25, 0.3) is 0 Å². The van der Waals surface area contributed by atoms with Crippen LogP contribution < -0.4 is 4.74 Å². The number of nitrogens with zero attached hydrogens (tertiary/aromatic N) is 1. The second-order valence-corrected chi connectivity index (χ2v) is 8.47. The van der Waals surface area contributed by atoms with E-state index in [2.05, 4.69) is 6.92 Å². The zero-order valence-electron chi connectivity index (χ0n) is 21.7. The molecule has 0 aliphatic heterocycles. The number of aliphatic carboxylic acids is 1. The van der Waals surface area contributed by atoms with Crippen LogP contribution in [-0.4, -0.2) is 67.7 Å². The first-order valence-electron chi connectivity index (χ1n) is 12.7. The van der Waals surface area contributed by atoms with Crippen LogP contribution in [0.5, 0.6) is 5.75 Å². The van der Waals surface area contributed by atoms with Crippen LogP contribution in [0.25, 0.3) is 0 Å². The molecule has 1 amide bonds. The molecule has 204 valence electrons. The highest BCUT2D eigenvalue weighted by Gasteiger charge is 2.18. The second-order valence-electron chi connectivity index (χ2n) is 8.47. The van der Waals surface area contributed by atoms with Crippen molar-refractivity contribution in [2.24, 2.45) is 0 Å². The Hall–Kier alpha value is -3.17. The number of hydrogen-bond acceptors (Lipinski definition) is 6. The summed E-state index contributed by atoms with van der Waals surface area (Å²) in [4.78, 5) is 25.5. The Bertz CT molecular complexity index is 921. The van der Waals surface area contributed by atoms with Gasteiger partial charge in [0.15, 0.2) is 6.10 Å². The number of halogens is 1. The lowest BCUT2D eigenvalue weighted by Gasteiger charge is -2.22. The van der Waals surface area contributed by atoms with E-state index in [4.69, 9.17) is 18.9 Å². The summed E-state index contributed by atoms with van der Waals surface area (Å²) in [7, 11) is 0. The summed E-state index contributed by atoms with van der Waals surface area (Å²) < 4.78 is 35.2. The van der Waals surface area contributed by atoms with E-state index in [-0.39, 0.29) is 32.0 Å². The maximum Gasteiger partial charge on any atom is 0.410 e. The fourth-order valence-corrected chi connectivity index (χ4v) is 3.47. The molecule has 1 N–H and O–H groups in total. The molecule has 0 radical (unpaired) electrons. The van der Waals surface area contributed by atoms with Crippen LogP contribution in [0, 0.1) is 5.82 Å². The average Bonchev–Trinajstić information content (AvgIpc) is 2.89. The van der Waals surface area contributed by atoms with Crippen molar-refractivity contribution in [2.75, 3.05) is 39.5 Å². The van der Waals surface area contributed by atoms with Gasteiger partial charge in [-0.3, -0.25) is 0 Å². The van der Waals surface area contributed by atoms with E-state index in [1.165, 1.54) is 17.0 Å². The molecule has 0 saturated heterocycles. The Labute approximate surface area is 218 Å². The fourth-order valence-electron chi connectivity index (χ4n) is 3.47. The summed E-state index contributed by atoms with van der Waals surface area (Å²) in [6.07, 6.45) is 2.04. The van der Waals surface area contributed by atoms with Gasteiger partial charge in [-0.1, -0.05) is 44.0 Å². The van der Waals surface area contributed by atoms with Crippen LogP contribution in [0.2, 0.25) is 0 Å². The second kappa shape index (κ2) is 17.3. The zero-order valence-corrected chi connectivity index (χ0v) is 21.7. The van der Waals surface area contributed by atoms with Gasteiger partial charge in [0.2, 0.25) is 0 Å². The molecule has 9 heteroatoms. The molecule has 0 aliphatic rings. The Morgan fingerprint density at radius 1 is 0.919 bits per heavy atom. The van der Waals surface area contributed by atoms with E-state index in [0.717, 1.165) is 24.8 Å². The Balaban J connectivity index is 1.86. The van der Waals surface area contributed by atoms with Crippen LogP contribution in [0.3, 0.4) is 0 Å². The molecule has 0 spiro atoms. The van der Waals surface area contributed by atoms with Crippen molar-refractivity contribution >= 4 is 12.1 Å². The molecule has 8 nitrogen and oxygen atoms in total. The van der Waals surface area contributed by atoms with Gasteiger partial charge in [0.1, 0.15) is 24.8 Å². The molecule has 0 bridgehead atoms. The monoisotopic (exact) mass is 519 g/mol. The number of carbonyl (C=O) groups is 2. The fraction of sp³-hybridized carbons (Fsp3) is 0.500. The number of carboxylic acid groups (broad SMARTS) is 1. The van der Waals surface area contributed by atoms with Crippen LogP contribution in [-0.2, 0) is 32.0 Å². The number of hydrogen-bond donors (Lipinski definition) is 1. The maximum absolute atomic E-state index is 13.1. The molecule has 37 heavy (non-hydrogen) atoms. The van der Waals surface area contributed by atoms with Crippen molar-refractivity contribution in [3.8, 4) is 5.75 Å². The van der Waals surface area contributed by atoms with E-state index in [0.29, 0.717) is 37.7 Å². The lowest BCUT2D eigenvalue weighted by atomic mass is 10.1. The topological polar surface area (TPSA) is 94.5 Å². The highest BCUT2D eigenvalue weighted by Crippen LogP contribution is 2.15. The molecule has 0 aliphatic carbocycles. The minimum absolute atomic E-state index is 0.0361. The molecule has 0 fully saturated rings. The number of rotatable bonds is 18. The van der Waals surface area contributed by atoms with Crippen LogP contribution >= 0.6 is 0 Å². The quantitative estimate of drug-likeness (QED) is 0.274. The normalized spacial score (nSPS) is 11.6. The molecule has 2 aromatic rings. The molecular weight excluding hydrogens is 481 g/mol. The Morgan fingerprint density at radius 2 is 1.59 bits per heavy atom. The molecule has 0 saturated carbocycles. The first kappa shape index (κ1) is 30.1. The van der Waals surface area contributed by atoms with Gasteiger partial charge in [-0.2, -0.15) is 0 Å². The van der Waals surface area contributed by atoms with Gasteiger partial charge >= 0.3 is 12.1 Å². The van der Waals surface area contributed by atoms with Crippen LogP contribution in [0.4, 0.5) is 9.18 Å². The standard InChI is InChI=1S/C28H38FNO7/c1-3-5-6-17-34-18-15-30(28(33)37-21-23-7-11-24(29)12-8-23)16-19-36-25-13-9-22(10-14-25)20-26(27(31)32)35-4-2/h7-14,26H,3-6,15-21H2,1-2H3,(H,31,32). The van der Waals surface area contributed by atoms with E-state index in [9.17, 15) is 19.1 Å². The average molecular weight is 520 g/mol. The van der Waals surface area contributed by atoms with Crippen molar-refractivity contribution < 1.29 is 38.0 Å². The largest absolute Gasteiger partial charge is 0.492 e. The van der Waals surface area contributed by atoms with E-state index >= 15 is 0 Å². The lowest BCUT2D eigenvalue weighted by molar-refractivity contribution is -0.149. The maximum atomic E-state index is 13.1. The summed E-state index contributed by atoms with van der Waals surface area (Å²) in [6.45, 7) is 6.14. The predicted octanol–water partition coefficient (Wildman–Crippen LogP) is 5.08. The molecule has 1 atom stereocenters. The Morgan fingerprint density at radius 3 is 2.24 bits per heavy atom. The lowest BCUT2D eigenvalue weighted by Crippen LogP contribution is -2.37. The van der Waals surface area contributed by atoms with Crippen molar-refractivity contribution in [2.45, 2.75) is 52.2 Å². The van der Waals surface area contributed by atoms with Crippen molar-refractivity contribution in [3.63, 3.8) is 0 Å². The summed E-state index contributed by atoms with van der Waals surface area (Å²) in [5, 5.41) is 9.25. The van der Waals surface area contributed by atoms with E-state index in [1.807, 2.05) is 0 Å². The smallest absolute Gasteiger partial charge is 0.410 e. The molecule has 0 heterocycles. The van der Waals surface area contributed by atoms with E-state index in [1.54, 1.807) is 43.3 Å². The van der Waals surface area contributed by atoms with Gasteiger partial charge < -0.3 is 29.0 Å². The summed E-state index contributed by atoms with van der Waals surface area (Å²) >= 11 is 0. The summed E-state index contributed by atoms with van der Waals surface area (Å²) in [5.41, 5.74) is 1.51. The molecule has 2 rings (SSSR count). The van der Waals surface area contributed by atoms with Crippen LogP contribution in [0.1, 0.15) is 44.2 Å². The summed E-state index contributed by atoms with van der Waals surface area (Å²) in [6, 6.07) is 12.9. The van der Waals surface area contributed by atoms with Crippen LogP contribution in [0.15, 0.2) is 48.5 Å². The molecule has 2 aromatic carbocycles. The number of benzene rings is 2. The third-order valence-corrected chi connectivity index (χ3v) is 5.55. The third kappa shape index (κ3) is 12.1. The number of carbonyl (C=O) groups excluding carboxylic acids is 1. The van der Waals surface area contributed by atoms with Gasteiger partial charge in [0.05, 0.1) is 13.2 Å². The van der Waals surface area contributed by atoms with Crippen molar-refractivity contribution in [1.29, 1.82) is 0 Å². The minimum atomic E-state index is -0.997. The van der Waals surface area contributed by atoms with E-state index < -0.39 is 18.2 Å². The summed E-state index contributed by atoms with van der Waals surface area (Å²) in [5.74, 6) is -0.747. The number of carboxylic acids is 1. The molecule has 1 unspecified atom stereocenters. The van der Waals surface area contributed by atoms with Crippen molar-refractivity contribution in [1.82, 2.24) is 4.90 Å². The minimum Gasteiger partial charge on any atom is -0.492 e. The first-order valence-corrected chi connectivity index (χ1v) is 12.7. The SMILES string of the molecule is CCCCCOCCN(CCOc1ccc(CC(OCC)C(=O)O)cc1)C(=O)OCc1ccc(F)cc1. The van der Waals surface area contributed by atoms with Gasteiger partial charge in [-0.05, 0) is 48.7 Å². The Kier molecular flexibility index (Phi) is 14.1. The predicted molar refractivity (Wildman–Crippen MR) is 137 cm³/mol. The first-order chi connectivity index (χ1) is 17.9. The molecule has 0 aromatic heterocycles. The number of ether oxygens (including phenoxy) is 4. The molecular formula is C28H38FNO7. The highest BCUT2D eigenvalue weighted by molar-refractivity contribution is 5.72. The number of amides is 1. The number of unbranched alkanes of at least 4 members (excludes halogenated alkanes) is 2. The highest BCUT2D eigenvalue weighted by atomic mass is 19.1.